The van der Waals surface area contributed by atoms with Gasteiger partial charge < -0.3 is 16.0 Å². The molecule has 2 aromatic carbocycles. The van der Waals surface area contributed by atoms with E-state index in [1.54, 1.807) is 0 Å². The quantitative estimate of drug-likeness (QED) is 0.906. The number of amides is 3. The number of nitrogens with zero attached hydrogens (tertiary/aromatic N) is 1. The Morgan fingerprint density at radius 1 is 1.12 bits per heavy atom. The van der Waals surface area contributed by atoms with Crippen LogP contribution >= 0.6 is 0 Å². The summed E-state index contributed by atoms with van der Waals surface area (Å²) in [5, 5.41) is 4.91. The van der Waals surface area contributed by atoms with Gasteiger partial charge in [-0.3, -0.25) is 4.79 Å². The Morgan fingerprint density at radius 3 is 2.75 bits per heavy atom. The van der Waals surface area contributed by atoms with Gasteiger partial charge in [0, 0.05) is 19.1 Å². The zero-order valence-electron chi connectivity index (χ0n) is 13.7. The van der Waals surface area contributed by atoms with Crippen LogP contribution in [0.2, 0.25) is 0 Å². The van der Waals surface area contributed by atoms with E-state index in [-0.39, 0.29) is 11.9 Å². The van der Waals surface area contributed by atoms with Crippen molar-refractivity contribution in [1.29, 1.82) is 0 Å². The number of carbonyl (C=O) groups excluding carboxylic acids is 2. The highest BCUT2D eigenvalue weighted by Gasteiger charge is 2.27. The molecule has 1 saturated heterocycles. The number of piperidine rings is 1. The molecular formula is C19H23N3O2. The number of nitrogens with two attached hydrogens (primary N) is 1. The van der Waals surface area contributed by atoms with Crippen molar-refractivity contribution < 1.29 is 9.59 Å². The van der Waals surface area contributed by atoms with E-state index in [2.05, 4.69) is 23.5 Å². The average molecular weight is 325 g/mol. The summed E-state index contributed by atoms with van der Waals surface area (Å²) in [5.41, 5.74) is 6.21. The van der Waals surface area contributed by atoms with E-state index in [4.69, 9.17) is 5.73 Å². The normalized spacial score (nSPS) is 17.7. The molecule has 126 valence electrons. The first-order valence-corrected chi connectivity index (χ1v) is 8.44. The summed E-state index contributed by atoms with van der Waals surface area (Å²) in [6.45, 7) is 1.17. The van der Waals surface area contributed by atoms with E-state index in [1.807, 2.05) is 29.2 Å². The molecule has 3 N–H and O–H groups in total. The van der Waals surface area contributed by atoms with E-state index in [9.17, 15) is 9.59 Å². The van der Waals surface area contributed by atoms with Gasteiger partial charge in [0.15, 0.2) is 0 Å². The van der Waals surface area contributed by atoms with Gasteiger partial charge in [0.2, 0.25) is 5.91 Å². The molecule has 3 rings (SSSR count). The largest absolute Gasteiger partial charge is 0.352 e. The van der Waals surface area contributed by atoms with Crippen molar-refractivity contribution in [2.24, 2.45) is 5.73 Å². The molecule has 1 fully saturated rings. The molecule has 0 saturated carbocycles. The highest BCUT2D eigenvalue weighted by molar-refractivity contribution is 5.90. The van der Waals surface area contributed by atoms with Gasteiger partial charge in [-0.25, -0.2) is 4.79 Å². The van der Waals surface area contributed by atoms with Crippen LogP contribution in [0.15, 0.2) is 42.5 Å². The Hall–Kier alpha value is -2.56. The molecule has 2 aromatic rings. The van der Waals surface area contributed by atoms with Gasteiger partial charge in [-0.05, 0) is 35.6 Å². The molecule has 0 aliphatic carbocycles. The second-order valence-corrected chi connectivity index (χ2v) is 6.30. The summed E-state index contributed by atoms with van der Waals surface area (Å²) in [4.78, 5) is 25.7. The first-order chi connectivity index (χ1) is 11.6. The highest BCUT2D eigenvalue weighted by Crippen LogP contribution is 2.22. The van der Waals surface area contributed by atoms with Gasteiger partial charge in [0.1, 0.15) is 0 Å². The fourth-order valence-corrected chi connectivity index (χ4v) is 3.47. The van der Waals surface area contributed by atoms with Crippen LogP contribution in [0.3, 0.4) is 0 Å². The fraction of sp³-hybridized carbons (Fsp3) is 0.368. The van der Waals surface area contributed by atoms with Crippen molar-refractivity contribution in [3.63, 3.8) is 0 Å². The highest BCUT2D eigenvalue weighted by atomic mass is 16.2. The molecule has 1 heterocycles. The van der Waals surface area contributed by atoms with Crippen LogP contribution < -0.4 is 11.1 Å². The third-order valence-electron chi connectivity index (χ3n) is 4.68. The lowest BCUT2D eigenvalue weighted by atomic mass is 9.98. The van der Waals surface area contributed by atoms with E-state index in [0.717, 1.165) is 42.1 Å². The Kier molecular flexibility index (Phi) is 4.99. The van der Waals surface area contributed by atoms with Crippen LogP contribution in [0.1, 0.15) is 24.8 Å². The Bertz CT molecular complexity index is 739. The number of rotatable bonds is 4. The van der Waals surface area contributed by atoms with Crippen molar-refractivity contribution in [2.75, 3.05) is 13.1 Å². The third kappa shape index (κ3) is 3.67. The molecule has 0 aromatic heterocycles. The molecule has 1 aliphatic rings. The molecule has 24 heavy (non-hydrogen) atoms. The monoisotopic (exact) mass is 325 g/mol. The Balaban J connectivity index is 1.75. The molecule has 0 spiro atoms. The molecule has 0 unspecified atom stereocenters. The van der Waals surface area contributed by atoms with Crippen LogP contribution in [0.5, 0.6) is 0 Å². The molecule has 5 nitrogen and oxygen atoms in total. The SMILES string of the molecule is NC(=O)NC[C@H]1CCCCN1C(=O)Cc1cccc2ccccc12. The lowest BCUT2D eigenvalue weighted by Crippen LogP contribution is -2.50. The Morgan fingerprint density at radius 2 is 1.92 bits per heavy atom. The summed E-state index contributed by atoms with van der Waals surface area (Å²) in [6.07, 6.45) is 3.37. The zero-order chi connectivity index (χ0) is 16.9. The maximum absolute atomic E-state index is 12.8. The van der Waals surface area contributed by atoms with E-state index < -0.39 is 6.03 Å². The standard InChI is InChI=1S/C19H23N3O2/c20-19(24)21-13-16-9-3-4-11-22(16)18(23)12-15-8-5-7-14-6-1-2-10-17(14)15/h1-2,5-8,10,16H,3-4,9,11-13H2,(H3,20,21,24)/t16-/m1/s1. The predicted molar refractivity (Wildman–Crippen MR) is 94.6 cm³/mol. The fourth-order valence-electron chi connectivity index (χ4n) is 3.47. The second-order valence-electron chi connectivity index (χ2n) is 6.30. The maximum Gasteiger partial charge on any atom is 0.312 e. The molecule has 5 heteroatoms. The van der Waals surface area contributed by atoms with Crippen LogP contribution in [0.25, 0.3) is 10.8 Å². The van der Waals surface area contributed by atoms with Crippen molar-refractivity contribution in [2.45, 2.75) is 31.7 Å². The van der Waals surface area contributed by atoms with Gasteiger partial charge in [-0.15, -0.1) is 0 Å². The summed E-state index contributed by atoms with van der Waals surface area (Å²) in [7, 11) is 0. The maximum atomic E-state index is 12.8. The molecule has 1 aliphatic heterocycles. The first kappa shape index (κ1) is 16.3. The van der Waals surface area contributed by atoms with Crippen LogP contribution in [-0.4, -0.2) is 36.0 Å². The Labute approximate surface area is 141 Å². The van der Waals surface area contributed by atoms with Gasteiger partial charge in [-0.1, -0.05) is 42.5 Å². The molecule has 1 atom stereocenters. The summed E-state index contributed by atoms with van der Waals surface area (Å²) in [5.74, 6) is 0.113. The smallest absolute Gasteiger partial charge is 0.312 e. The van der Waals surface area contributed by atoms with Crippen molar-refractivity contribution in [3.8, 4) is 0 Å². The van der Waals surface area contributed by atoms with Gasteiger partial charge in [0.25, 0.3) is 0 Å². The second kappa shape index (κ2) is 7.34. The number of urea groups is 1. The summed E-state index contributed by atoms with van der Waals surface area (Å²) < 4.78 is 0. The van der Waals surface area contributed by atoms with Crippen molar-refractivity contribution >= 4 is 22.7 Å². The number of carbonyl (C=O) groups is 2. The van der Waals surface area contributed by atoms with Crippen LogP contribution in [-0.2, 0) is 11.2 Å². The number of primary amides is 1. The first-order valence-electron chi connectivity index (χ1n) is 8.44. The van der Waals surface area contributed by atoms with E-state index in [0.29, 0.717) is 13.0 Å². The number of likely N-dealkylation sites (tertiary alicyclic amines) is 1. The number of hydrogen-bond donors (Lipinski definition) is 2. The number of fused-ring (bicyclic) bond motifs is 1. The summed E-state index contributed by atoms with van der Waals surface area (Å²) in [6, 6.07) is 13.7. The number of nitrogens with one attached hydrogen (secondary N) is 1. The van der Waals surface area contributed by atoms with Gasteiger partial charge >= 0.3 is 6.03 Å². The molecule has 0 bridgehead atoms. The van der Waals surface area contributed by atoms with Crippen molar-refractivity contribution in [1.82, 2.24) is 10.2 Å². The molecule has 3 amide bonds. The van der Waals surface area contributed by atoms with Gasteiger partial charge in [-0.2, -0.15) is 0 Å². The third-order valence-corrected chi connectivity index (χ3v) is 4.68. The topological polar surface area (TPSA) is 75.4 Å². The average Bonchev–Trinajstić information content (AvgIpc) is 2.60. The predicted octanol–water partition coefficient (Wildman–Crippen LogP) is 2.43. The minimum Gasteiger partial charge on any atom is -0.352 e. The van der Waals surface area contributed by atoms with E-state index >= 15 is 0 Å². The van der Waals surface area contributed by atoms with Crippen molar-refractivity contribution in [3.05, 3.63) is 48.0 Å². The lowest BCUT2D eigenvalue weighted by molar-refractivity contribution is -0.134. The number of benzene rings is 2. The minimum atomic E-state index is -0.540. The van der Waals surface area contributed by atoms with Gasteiger partial charge in [0.05, 0.1) is 6.42 Å². The van der Waals surface area contributed by atoms with Crippen LogP contribution in [0.4, 0.5) is 4.79 Å². The summed E-state index contributed by atoms with van der Waals surface area (Å²) >= 11 is 0. The minimum absolute atomic E-state index is 0.0359. The van der Waals surface area contributed by atoms with Crippen LogP contribution in [0, 0.1) is 0 Å². The zero-order valence-corrected chi connectivity index (χ0v) is 13.7. The molecule has 0 radical (unpaired) electrons. The number of hydrogen-bond acceptors (Lipinski definition) is 2. The molecular weight excluding hydrogens is 302 g/mol. The van der Waals surface area contributed by atoms with E-state index in [1.165, 1.54) is 0 Å². The lowest BCUT2D eigenvalue weighted by Gasteiger charge is -2.36.